The average Bonchev–Trinajstić information content (AvgIpc) is 3.23. The van der Waals surface area contributed by atoms with Crippen LogP contribution in [0.25, 0.3) is 0 Å². The summed E-state index contributed by atoms with van der Waals surface area (Å²) in [5.74, 6) is 0.973. The Bertz CT molecular complexity index is 822. The minimum absolute atomic E-state index is 0.636. The van der Waals surface area contributed by atoms with E-state index in [0.29, 0.717) is 11.8 Å². The third kappa shape index (κ3) is 9.86. The van der Waals surface area contributed by atoms with Crippen molar-refractivity contribution >= 4 is 17.6 Å². The number of benzene rings is 1. The summed E-state index contributed by atoms with van der Waals surface area (Å²) in [7, 11) is 1.52. The van der Waals surface area contributed by atoms with Gasteiger partial charge in [0.05, 0.1) is 18.5 Å². The predicted molar refractivity (Wildman–Crippen MR) is 134 cm³/mol. The first-order valence-corrected chi connectivity index (χ1v) is 12.5. The van der Waals surface area contributed by atoms with E-state index in [9.17, 15) is 0 Å². The van der Waals surface area contributed by atoms with Crippen molar-refractivity contribution in [2.45, 2.75) is 72.1 Å². The van der Waals surface area contributed by atoms with Crippen LogP contribution in [-0.4, -0.2) is 31.5 Å². The smallest absolute Gasteiger partial charge is 0.273 e. The second-order valence-corrected chi connectivity index (χ2v) is 8.77. The second-order valence-electron chi connectivity index (χ2n) is 7.94. The molecule has 32 heavy (non-hydrogen) atoms. The number of thiazole rings is 1. The molecule has 0 aliphatic carbocycles. The summed E-state index contributed by atoms with van der Waals surface area (Å²) in [6.07, 6.45) is 15.5. The van der Waals surface area contributed by atoms with Crippen LogP contribution in [0.2, 0.25) is 0 Å². The van der Waals surface area contributed by atoms with Crippen LogP contribution in [-0.2, 0) is 11.3 Å². The first kappa shape index (κ1) is 25.9. The number of allylic oxidation sites excluding steroid dienone is 1. The Morgan fingerprint density at radius 3 is 2.34 bits per heavy atom. The number of aromatic nitrogens is 1. The number of aryl methyl sites for hydroxylation is 2. The molecular formula is C26H38N2O3S. The summed E-state index contributed by atoms with van der Waals surface area (Å²) in [6.45, 7) is 7.77. The summed E-state index contributed by atoms with van der Waals surface area (Å²) >= 11 is 1.49. The molecule has 0 aliphatic rings. The fraction of sp³-hybridized carbons (Fsp3) is 0.538. The van der Waals surface area contributed by atoms with Gasteiger partial charge in [-0.15, -0.1) is 0 Å². The molecule has 0 aliphatic heterocycles. The largest absolute Gasteiger partial charge is 0.490 e. The minimum atomic E-state index is 0.636. The topological polar surface area (TPSA) is 52.9 Å². The third-order valence-corrected chi connectivity index (χ3v) is 6.11. The zero-order valence-electron chi connectivity index (χ0n) is 20.1. The molecule has 0 radical (unpaired) electrons. The maximum Gasteiger partial charge on any atom is 0.273 e. The lowest BCUT2D eigenvalue weighted by Crippen LogP contribution is -1.99. The molecule has 0 N–H and O–H groups in total. The van der Waals surface area contributed by atoms with Crippen molar-refractivity contribution < 1.29 is 14.3 Å². The highest BCUT2D eigenvalue weighted by Crippen LogP contribution is 2.24. The fourth-order valence-electron chi connectivity index (χ4n) is 3.62. The maximum absolute atomic E-state index is 5.79. The molecule has 0 saturated heterocycles. The number of unbranched alkanes of at least 4 members (excludes halogenated alkanes) is 6. The zero-order chi connectivity index (χ0) is 23.0. The molecule has 1 aromatic carbocycles. The van der Waals surface area contributed by atoms with Gasteiger partial charge in [-0.3, -0.25) is 0 Å². The Labute approximate surface area is 197 Å². The van der Waals surface area contributed by atoms with Crippen LogP contribution in [0.1, 0.15) is 74.3 Å². The number of hydrogen-bond donors (Lipinski definition) is 0. The van der Waals surface area contributed by atoms with Gasteiger partial charge in [0.15, 0.2) is 0 Å². The van der Waals surface area contributed by atoms with Crippen molar-refractivity contribution in [1.82, 2.24) is 4.98 Å². The lowest BCUT2D eigenvalue weighted by molar-refractivity contribution is 0.215. The van der Waals surface area contributed by atoms with Gasteiger partial charge in [-0.05, 0) is 68.9 Å². The van der Waals surface area contributed by atoms with Crippen LogP contribution in [0.3, 0.4) is 0 Å². The van der Waals surface area contributed by atoms with E-state index in [4.69, 9.17) is 9.47 Å². The third-order valence-electron chi connectivity index (χ3n) is 5.34. The summed E-state index contributed by atoms with van der Waals surface area (Å²) in [6, 6.07) is 4.35. The van der Waals surface area contributed by atoms with Crippen molar-refractivity contribution in [3.05, 3.63) is 52.0 Å². The van der Waals surface area contributed by atoms with Crippen molar-refractivity contribution in [2.75, 3.05) is 20.3 Å². The van der Waals surface area contributed by atoms with Crippen molar-refractivity contribution in [3.63, 3.8) is 0 Å². The Hall–Kier alpha value is -2.34. The standard InChI is InChI=1S/C26H38N2O3S/c1-5-6-15-30-24-17-21(2)25(22(3)18-24)14-12-10-8-7-9-11-13-16-31-26-28-23(20-32-26)19-27-29-4/h5-6,17-20H,7-16H2,1-4H3/b6-5+,27-19?. The fourth-order valence-corrected chi connectivity index (χ4v) is 4.26. The number of ether oxygens (including phenoxy) is 2. The van der Waals surface area contributed by atoms with Crippen LogP contribution < -0.4 is 9.47 Å². The molecule has 0 atom stereocenters. The lowest BCUT2D eigenvalue weighted by atomic mass is 9.96. The molecule has 1 heterocycles. The first-order valence-electron chi connectivity index (χ1n) is 11.6. The highest BCUT2D eigenvalue weighted by molar-refractivity contribution is 7.11. The van der Waals surface area contributed by atoms with E-state index in [1.54, 1.807) is 6.21 Å². The monoisotopic (exact) mass is 458 g/mol. The molecule has 5 nitrogen and oxygen atoms in total. The van der Waals surface area contributed by atoms with Gasteiger partial charge in [-0.2, -0.15) is 0 Å². The molecule has 2 rings (SSSR count). The van der Waals surface area contributed by atoms with Gasteiger partial charge in [-0.25, -0.2) is 4.98 Å². The van der Waals surface area contributed by atoms with E-state index in [0.717, 1.165) is 30.9 Å². The number of oxime groups is 1. The predicted octanol–water partition coefficient (Wildman–Crippen LogP) is 7.05. The Morgan fingerprint density at radius 1 is 0.969 bits per heavy atom. The van der Waals surface area contributed by atoms with Gasteiger partial charge in [0.1, 0.15) is 19.5 Å². The summed E-state index contributed by atoms with van der Waals surface area (Å²) in [5, 5.41) is 6.32. The molecule has 0 spiro atoms. The molecule has 176 valence electrons. The van der Waals surface area contributed by atoms with Gasteiger partial charge < -0.3 is 14.3 Å². The van der Waals surface area contributed by atoms with Gasteiger partial charge in [0.2, 0.25) is 0 Å². The van der Waals surface area contributed by atoms with Crippen molar-refractivity contribution in [1.29, 1.82) is 0 Å². The van der Waals surface area contributed by atoms with Crippen LogP contribution in [0, 0.1) is 13.8 Å². The highest BCUT2D eigenvalue weighted by atomic mass is 32.1. The molecule has 6 heteroatoms. The average molecular weight is 459 g/mol. The Balaban J connectivity index is 1.52. The zero-order valence-corrected chi connectivity index (χ0v) is 20.9. The summed E-state index contributed by atoms with van der Waals surface area (Å²) in [5.41, 5.74) is 4.95. The normalized spacial score (nSPS) is 11.5. The van der Waals surface area contributed by atoms with E-state index in [1.165, 1.54) is 73.7 Å². The summed E-state index contributed by atoms with van der Waals surface area (Å²) < 4.78 is 11.5. The molecule has 2 aromatic rings. The van der Waals surface area contributed by atoms with Gasteiger partial charge in [0.25, 0.3) is 5.19 Å². The Kier molecular flexibility index (Phi) is 12.5. The van der Waals surface area contributed by atoms with Gasteiger partial charge in [0, 0.05) is 5.38 Å². The molecule has 0 bridgehead atoms. The number of hydrogen-bond acceptors (Lipinski definition) is 6. The van der Waals surface area contributed by atoms with Crippen molar-refractivity contribution in [2.24, 2.45) is 5.16 Å². The quantitative estimate of drug-likeness (QED) is 0.117. The van der Waals surface area contributed by atoms with E-state index in [2.05, 4.69) is 41.0 Å². The van der Waals surface area contributed by atoms with E-state index in [-0.39, 0.29) is 0 Å². The summed E-state index contributed by atoms with van der Waals surface area (Å²) in [4.78, 5) is 8.99. The maximum atomic E-state index is 5.79. The second kappa shape index (κ2) is 15.5. The van der Waals surface area contributed by atoms with Gasteiger partial charge in [-0.1, -0.05) is 60.7 Å². The van der Waals surface area contributed by atoms with Crippen LogP contribution in [0.4, 0.5) is 0 Å². The molecular weight excluding hydrogens is 420 g/mol. The van der Waals surface area contributed by atoms with Crippen molar-refractivity contribution in [3.8, 4) is 10.9 Å². The van der Waals surface area contributed by atoms with E-state index >= 15 is 0 Å². The molecule has 0 saturated carbocycles. The SMILES string of the molecule is C/C=C/COc1cc(C)c(CCCCCCCCCOc2nc(C=NOC)cs2)c(C)c1. The number of nitrogens with zero attached hydrogens (tertiary/aromatic N) is 2. The van der Waals surface area contributed by atoms with Crippen LogP contribution in [0.15, 0.2) is 34.8 Å². The molecule has 0 fully saturated rings. The molecule has 0 amide bonds. The van der Waals surface area contributed by atoms with Crippen LogP contribution in [0.5, 0.6) is 10.9 Å². The highest BCUT2D eigenvalue weighted by Gasteiger charge is 2.06. The minimum Gasteiger partial charge on any atom is -0.490 e. The number of rotatable bonds is 16. The van der Waals surface area contributed by atoms with Gasteiger partial charge >= 0.3 is 0 Å². The lowest BCUT2D eigenvalue weighted by Gasteiger charge is -2.13. The van der Waals surface area contributed by atoms with E-state index < -0.39 is 0 Å². The molecule has 1 aromatic heterocycles. The Morgan fingerprint density at radius 2 is 1.66 bits per heavy atom. The first-order chi connectivity index (χ1) is 15.6. The molecule has 0 unspecified atom stereocenters. The van der Waals surface area contributed by atoms with E-state index in [1.807, 2.05) is 24.5 Å². The van der Waals surface area contributed by atoms with Crippen LogP contribution >= 0.6 is 11.3 Å².